The monoisotopic (exact) mass is 264 g/mol. The summed E-state index contributed by atoms with van der Waals surface area (Å²) >= 11 is 0. The minimum Gasteiger partial charge on any atom is -0.385 e. The van der Waals surface area contributed by atoms with Crippen molar-refractivity contribution in [3.05, 3.63) is 0 Å². The van der Waals surface area contributed by atoms with Crippen LogP contribution in [0.15, 0.2) is 0 Å². The van der Waals surface area contributed by atoms with Gasteiger partial charge in [-0.2, -0.15) is 0 Å². The van der Waals surface area contributed by atoms with Gasteiger partial charge in [0.05, 0.1) is 0 Å². The first-order chi connectivity index (χ1) is 7.72. The second-order valence-corrected chi connectivity index (χ2v) is 4.65. The number of methoxy groups -OCH3 is 1. The molecule has 2 atom stereocenters. The molecule has 1 rings (SSSR count). The highest BCUT2D eigenvalue weighted by Crippen LogP contribution is 2.14. The van der Waals surface area contributed by atoms with Crippen LogP contribution in [-0.2, 0) is 9.53 Å². The summed E-state index contributed by atoms with van der Waals surface area (Å²) in [6.07, 6.45) is 3.76. The van der Waals surface area contributed by atoms with E-state index in [0.29, 0.717) is 18.9 Å². The summed E-state index contributed by atoms with van der Waals surface area (Å²) in [7, 11) is 1.68. The van der Waals surface area contributed by atoms with Crippen LogP contribution in [0.25, 0.3) is 0 Å². The van der Waals surface area contributed by atoms with E-state index >= 15 is 0 Å². The van der Waals surface area contributed by atoms with Gasteiger partial charge in [0, 0.05) is 26.2 Å². The molecule has 0 radical (unpaired) electrons. The Balaban J connectivity index is 0.00000256. The minimum absolute atomic E-state index is 0. The predicted molar refractivity (Wildman–Crippen MR) is 71.6 cm³/mol. The number of hydrogen-bond donors (Lipinski definition) is 2. The van der Waals surface area contributed by atoms with E-state index in [2.05, 4.69) is 10.6 Å². The van der Waals surface area contributed by atoms with E-state index in [1.165, 1.54) is 6.42 Å². The molecule has 4 nitrogen and oxygen atoms in total. The maximum atomic E-state index is 11.6. The third kappa shape index (κ3) is 7.58. The fraction of sp³-hybridized carbons (Fsp3) is 0.917. The molecule has 0 aliphatic carbocycles. The lowest BCUT2D eigenvalue weighted by atomic mass is 10.0. The molecule has 1 aliphatic rings. The summed E-state index contributed by atoms with van der Waals surface area (Å²) in [4.78, 5) is 11.6. The number of ether oxygens (including phenoxy) is 1. The second kappa shape index (κ2) is 9.68. The first-order valence-electron chi connectivity index (χ1n) is 6.21. The molecule has 1 amide bonds. The van der Waals surface area contributed by atoms with Gasteiger partial charge in [-0.25, -0.2) is 0 Å². The van der Waals surface area contributed by atoms with Crippen molar-refractivity contribution >= 4 is 18.3 Å². The van der Waals surface area contributed by atoms with Gasteiger partial charge in [0.25, 0.3) is 0 Å². The molecule has 2 N–H and O–H groups in total. The molecular formula is C12H25ClN2O2. The Kier molecular flexibility index (Phi) is 9.50. The molecule has 0 saturated carbocycles. The van der Waals surface area contributed by atoms with E-state index in [1.807, 2.05) is 6.92 Å². The van der Waals surface area contributed by atoms with Gasteiger partial charge in [0.2, 0.25) is 5.91 Å². The Labute approximate surface area is 110 Å². The number of hydrogen-bond acceptors (Lipinski definition) is 3. The molecule has 0 spiro atoms. The lowest BCUT2D eigenvalue weighted by molar-refractivity contribution is -0.122. The van der Waals surface area contributed by atoms with Crippen molar-refractivity contribution in [3.63, 3.8) is 0 Å². The minimum atomic E-state index is 0. The molecule has 2 unspecified atom stereocenters. The highest BCUT2D eigenvalue weighted by molar-refractivity contribution is 5.85. The van der Waals surface area contributed by atoms with Crippen LogP contribution in [0.1, 0.15) is 32.6 Å². The molecule has 5 heteroatoms. The van der Waals surface area contributed by atoms with Gasteiger partial charge in [0.1, 0.15) is 0 Å². The summed E-state index contributed by atoms with van der Waals surface area (Å²) in [5.74, 6) is 0.871. The van der Waals surface area contributed by atoms with E-state index in [0.717, 1.165) is 25.9 Å². The molecule has 1 saturated heterocycles. The summed E-state index contributed by atoms with van der Waals surface area (Å²) in [6, 6.07) is 0.217. The number of halogens is 1. The molecule has 17 heavy (non-hydrogen) atoms. The van der Waals surface area contributed by atoms with E-state index in [9.17, 15) is 4.79 Å². The van der Waals surface area contributed by atoms with Crippen LogP contribution >= 0.6 is 12.4 Å². The largest absolute Gasteiger partial charge is 0.385 e. The van der Waals surface area contributed by atoms with E-state index < -0.39 is 0 Å². The fourth-order valence-electron chi connectivity index (χ4n) is 2.01. The summed E-state index contributed by atoms with van der Waals surface area (Å²) in [5, 5.41) is 6.32. The molecule has 1 heterocycles. The lowest BCUT2D eigenvalue weighted by Crippen LogP contribution is -2.33. The van der Waals surface area contributed by atoms with Crippen molar-refractivity contribution in [3.8, 4) is 0 Å². The molecular weight excluding hydrogens is 240 g/mol. The molecule has 0 aromatic carbocycles. The lowest BCUT2D eigenvalue weighted by Gasteiger charge is -2.14. The Morgan fingerprint density at radius 3 is 2.94 bits per heavy atom. The zero-order chi connectivity index (χ0) is 11.8. The highest BCUT2D eigenvalue weighted by Gasteiger charge is 2.16. The highest BCUT2D eigenvalue weighted by atomic mass is 35.5. The average Bonchev–Trinajstić information content (AvgIpc) is 2.76. The van der Waals surface area contributed by atoms with Crippen LogP contribution in [0.4, 0.5) is 0 Å². The summed E-state index contributed by atoms with van der Waals surface area (Å²) in [5.41, 5.74) is 0. The quantitative estimate of drug-likeness (QED) is 0.730. The normalized spacial score (nSPS) is 20.7. The average molecular weight is 265 g/mol. The van der Waals surface area contributed by atoms with E-state index in [-0.39, 0.29) is 24.4 Å². The predicted octanol–water partition coefficient (Wildman–Crippen LogP) is 1.34. The third-order valence-electron chi connectivity index (χ3n) is 3.10. The van der Waals surface area contributed by atoms with Crippen molar-refractivity contribution in [1.29, 1.82) is 0 Å². The number of rotatable bonds is 7. The third-order valence-corrected chi connectivity index (χ3v) is 3.10. The maximum Gasteiger partial charge on any atom is 0.220 e. The smallest absolute Gasteiger partial charge is 0.220 e. The van der Waals surface area contributed by atoms with Crippen molar-refractivity contribution in [2.75, 3.05) is 26.8 Å². The first kappa shape index (κ1) is 16.7. The van der Waals surface area contributed by atoms with Gasteiger partial charge in [-0.3, -0.25) is 4.79 Å². The molecule has 1 fully saturated rings. The van der Waals surface area contributed by atoms with Crippen molar-refractivity contribution in [2.45, 2.75) is 38.6 Å². The molecule has 0 aromatic rings. The molecule has 1 aliphatic heterocycles. The molecule has 0 bridgehead atoms. The number of nitrogens with one attached hydrogen (secondary N) is 2. The fourth-order valence-corrected chi connectivity index (χ4v) is 2.01. The SMILES string of the molecule is COCCC(C)NC(=O)CCC1CCNC1.Cl. The van der Waals surface area contributed by atoms with Crippen LogP contribution in [-0.4, -0.2) is 38.8 Å². The summed E-state index contributed by atoms with van der Waals surface area (Å²) in [6.45, 7) is 4.91. The Hall–Kier alpha value is -0.320. The van der Waals surface area contributed by atoms with Crippen LogP contribution in [0.2, 0.25) is 0 Å². The Morgan fingerprint density at radius 1 is 1.59 bits per heavy atom. The van der Waals surface area contributed by atoms with Crippen LogP contribution in [0.5, 0.6) is 0 Å². The molecule has 102 valence electrons. The van der Waals surface area contributed by atoms with Gasteiger partial charge in [0.15, 0.2) is 0 Å². The topological polar surface area (TPSA) is 50.4 Å². The van der Waals surface area contributed by atoms with Crippen molar-refractivity contribution in [1.82, 2.24) is 10.6 Å². The van der Waals surface area contributed by atoms with Gasteiger partial charge < -0.3 is 15.4 Å². The van der Waals surface area contributed by atoms with Crippen molar-refractivity contribution < 1.29 is 9.53 Å². The van der Waals surface area contributed by atoms with Crippen LogP contribution in [0.3, 0.4) is 0 Å². The number of carbonyl (C=O) groups is 1. The van der Waals surface area contributed by atoms with Gasteiger partial charge in [-0.1, -0.05) is 0 Å². The maximum absolute atomic E-state index is 11.6. The Morgan fingerprint density at radius 2 is 2.35 bits per heavy atom. The van der Waals surface area contributed by atoms with E-state index in [4.69, 9.17) is 4.74 Å². The zero-order valence-electron chi connectivity index (χ0n) is 10.8. The molecule has 0 aromatic heterocycles. The van der Waals surface area contributed by atoms with Gasteiger partial charge >= 0.3 is 0 Å². The Bertz CT molecular complexity index is 209. The standard InChI is InChI=1S/C12H24N2O2.ClH/c1-10(6-8-16-2)14-12(15)4-3-11-5-7-13-9-11;/h10-11,13H,3-9H2,1-2H3,(H,14,15);1H. The number of carbonyl (C=O) groups excluding carboxylic acids is 1. The zero-order valence-corrected chi connectivity index (χ0v) is 11.6. The van der Waals surface area contributed by atoms with Gasteiger partial charge in [-0.05, 0) is 45.2 Å². The van der Waals surface area contributed by atoms with Crippen LogP contribution in [0, 0.1) is 5.92 Å². The van der Waals surface area contributed by atoms with Crippen LogP contribution < -0.4 is 10.6 Å². The number of amides is 1. The van der Waals surface area contributed by atoms with Crippen molar-refractivity contribution in [2.24, 2.45) is 5.92 Å². The van der Waals surface area contributed by atoms with Gasteiger partial charge in [-0.15, -0.1) is 12.4 Å². The summed E-state index contributed by atoms with van der Waals surface area (Å²) < 4.78 is 4.98. The second-order valence-electron chi connectivity index (χ2n) is 4.65. The first-order valence-corrected chi connectivity index (χ1v) is 6.21. The van der Waals surface area contributed by atoms with E-state index in [1.54, 1.807) is 7.11 Å².